The van der Waals surface area contributed by atoms with E-state index < -0.39 is 20.6 Å². The molecule has 7 aromatic rings. The molecule has 3 heterocycles. The second kappa shape index (κ2) is 17.5. The zero-order valence-electron chi connectivity index (χ0n) is 33.6. The average Bonchev–Trinajstić information content (AvgIpc) is 3.19. The van der Waals surface area contributed by atoms with E-state index in [9.17, 15) is 0 Å². The standard InChI is InChI=1S/C18H14N.2C12H10N.Ir/c1-14-11-12-19-18(13-14)17-9-7-16(8-10-17)15-5-3-2-4-6-15;2*1-10-6-5-9-12(13-10)11-7-3-2-4-8-11;/h2-9,11-13H,1H3;2*2-7,9H,1H3;/q3*-1;+3/i3*1D3;. The first kappa shape index (κ1) is 23.3. The smallest absolute Gasteiger partial charge is 0.305 e. The summed E-state index contributed by atoms with van der Waals surface area (Å²) in [5, 5.41) is 0. The van der Waals surface area contributed by atoms with Crippen molar-refractivity contribution < 1.29 is 32.4 Å². The maximum atomic E-state index is 7.47. The summed E-state index contributed by atoms with van der Waals surface area (Å²) in [6.07, 6.45) is 1.52. The molecule has 3 nitrogen and oxygen atoms in total. The molecule has 0 spiro atoms. The average molecular weight is 782 g/mol. The second-order valence-electron chi connectivity index (χ2n) is 9.66. The number of aryl methyl sites for hydroxylation is 3. The Balaban J connectivity index is 0.000000185. The van der Waals surface area contributed by atoms with E-state index in [1.807, 2.05) is 84.9 Å². The van der Waals surface area contributed by atoms with Gasteiger partial charge in [0.2, 0.25) is 0 Å². The number of rotatable bonds is 4. The summed E-state index contributed by atoms with van der Waals surface area (Å²) in [7, 11) is 0. The van der Waals surface area contributed by atoms with Crippen molar-refractivity contribution in [3.63, 3.8) is 0 Å². The summed E-state index contributed by atoms with van der Waals surface area (Å²) in [5.41, 5.74) is 6.97. The number of hydrogen-bond acceptors (Lipinski definition) is 3. The summed E-state index contributed by atoms with van der Waals surface area (Å²) in [6, 6.07) is 52.9. The first-order valence-corrected chi connectivity index (χ1v) is 14.1. The normalized spacial score (nSPS) is 13.6. The van der Waals surface area contributed by atoms with Crippen LogP contribution in [0.2, 0.25) is 0 Å². The third-order valence-corrected chi connectivity index (χ3v) is 6.42. The first-order chi connectivity index (χ1) is 25.7. The van der Waals surface area contributed by atoms with Crippen LogP contribution in [0.4, 0.5) is 0 Å². The van der Waals surface area contributed by atoms with Crippen LogP contribution >= 0.6 is 0 Å². The second-order valence-corrected chi connectivity index (χ2v) is 9.66. The van der Waals surface area contributed by atoms with E-state index in [-0.39, 0.29) is 37.1 Å². The van der Waals surface area contributed by atoms with Gasteiger partial charge in [-0.25, -0.2) is 0 Å². The minimum atomic E-state index is -2.16. The summed E-state index contributed by atoms with van der Waals surface area (Å²) < 4.78 is 66.2. The van der Waals surface area contributed by atoms with Crippen molar-refractivity contribution in [2.45, 2.75) is 20.6 Å². The van der Waals surface area contributed by atoms with Crippen molar-refractivity contribution in [1.29, 1.82) is 0 Å². The van der Waals surface area contributed by atoms with E-state index in [2.05, 4.69) is 33.2 Å². The van der Waals surface area contributed by atoms with Gasteiger partial charge in [-0.15, -0.1) is 102 Å². The van der Waals surface area contributed by atoms with E-state index >= 15 is 0 Å². The van der Waals surface area contributed by atoms with Gasteiger partial charge >= 0.3 is 20.1 Å². The maximum absolute atomic E-state index is 7.47. The van der Waals surface area contributed by atoms with E-state index in [1.165, 1.54) is 24.4 Å². The third-order valence-electron chi connectivity index (χ3n) is 6.42. The van der Waals surface area contributed by atoms with Gasteiger partial charge in [-0.2, -0.15) is 0 Å². The van der Waals surface area contributed by atoms with Crippen molar-refractivity contribution in [3.05, 3.63) is 187 Å². The number of hydrogen-bond donors (Lipinski definition) is 0. The summed E-state index contributed by atoms with van der Waals surface area (Å²) in [5.74, 6) is 0. The SMILES string of the molecule is [2H]C([2H])([2H])c1cccc(-c2[c-]cccc2)n1.[2H]C([2H])([2H])c1cccc(-c2[c-]cccc2)n1.[2H]C([2H])([2H])c1ccnc(-c2[c-]cc(-c3ccccc3)cc2)c1.[Ir+3]. The molecule has 0 saturated heterocycles. The number of nitrogens with zero attached hydrogens (tertiary/aromatic N) is 3. The van der Waals surface area contributed by atoms with Gasteiger partial charge < -0.3 is 15.0 Å². The van der Waals surface area contributed by atoms with E-state index in [4.69, 9.17) is 12.3 Å². The summed E-state index contributed by atoms with van der Waals surface area (Å²) in [6.45, 7) is -6.45. The predicted molar refractivity (Wildman–Crippen MR) is 185 cm³/mol. The number of aromatic nitrogens is 3. The Hall–Kier alpha value is -5.02. The monoisotopic (exact) mass is 782 g/mol. The van der Waals surface area contributed by atoms with Gasteiger partial charge in [-0.05, 0) is 55.8 Å². The molecule has 46 heavy (non-hydrogen) atoms. The molecule has 0 radical (unpaired) electrons. The largest absolute Gasteiger partial charge is 3.00 e. The molecule has 0 aliphatic rings. The molecule has 226 valence electrons. The quantitative estimate of drug-likeness (QED) is 0.167. The summed E-state index contributed by atoms with van der Waals surface area (Å²) in [4.78, 5) is 12.5. The molecule has 0 aliphatic carbocycles. The summed E-state index contributed by atoms with van der Waals surface area (Å²) >= 11 is 0. The van der Waals surface area contributed by atoms with Crippen LogP contribution in [-0.4, -0.2) is 15.0 Å². The van der Waals surface area contributed by atoms with E-state index in [1.54, 1.807) is 42.5 Å². The molecular weight excluding hydrogens is 739 g/mol. The molecule has 0 saturated carbocycles. The van der Waals surface area contributed by atoms with Crippen LogP contribution in [0.25, 0.3) is 44.9 Å². The van der Waals surface area contributed by atoms with E-state index in [0.717, 1.165) is 27.8 Å². The van der Waals surface area contributed by atoms with Crippen LogP contribution in [0, 0.1) is 38.8 Å². The molecule has 0 unspecified atom stereocenters. The molecule has 0 bridgehead atoms. The van der Waals surface area contributed by atoms with Crippen molar-refractivity contribution in [2.24, 2.45) is 0 Å². The van der Waals surface area contributed by atoms with Crippen LogP contribution in [0.5, 0.6) is 0 Å². The molecule has 0 N–H and O–H groups in total. The van der Waals surface area contributed by atoms with Gasteiger partial charge in [-0.3, -0.25) is 0 Å². The molecule has 0 atom stereocenters. The molecule has 3 aromatic heterocycles. The van der Waals surface area contributed by atoms with Gasteiger partial charge in [-0.1, -0.05) is 77.4 Å². The third kappa shape index (κ3) is 10.0. The fraction of sp³-hybridized carbons (Fsp3) is 0.0714. The van der Waals surface area contributed by atoms with Crippen LogP contribution in [-0.2, 0) is 20.1 Å². The van der Waals surface area contributed by atoms with Crippen molar-refractivity contribution in [2.75, 3.05) is 0 Å². The molecule has 0 aliphatic heterocycles. The van der Waals surface area contributed by atoms with Crippen molar-refractivity contribution in [3.8, 4) is 44.9 Å². The Kier molecular flexibility index (Phi) is 8.86. The van der Waals surface area contributed by atoms with Gasteiger partial charge in [0.15, 0.2) is 0 Å². The zero-order valence-corrected chi connectivity index (χ0v) is 27.0. The fourth-order valence-electron chi connectivity index (χ4n) is 4.25. The van der Waals surface area contributed by atoms with Crippen molar-refractivity contribution in [1.82, 2.24) is 15.0 Å². The molecule has 4 aromatic carbocycles. The Morgan fingerprint density at radius 1 is 0.500 bits per heavy atom. The maximum Gasteiger partial charge on any atom is 3.00 e. The van der Waals surface area contributed by atoms with Crippen LogP contribution in [0.3, 0.4) is 0 Å². The minimum Gasteiger partial charge on any atom is -0.305 e. The minimum absolute atomic E-state index is 0. The number of pyridine rings is 3. The molecule has 7 rings (SSSR count). The Morgan fingerprint density at radius 2 is 1.11 bits per heavy atom. The van der Waals surface area contributed by atoms with Gasteiger partial charge in [0, 0.05) is 29.9 Å². The Morgan fingerprint density at radius 3 is 1.63 bits per heavy atom. The molecular formula is C42H34IrN3. The molecule has 0 amide bonds. The Labute approximate surface area is 299 Å². The molecule has 0 fully saturated rings. The van der Waals surface area contributed by atoms with Gasteiger partial charge in [0.05, 0.1) is 0 Å². The van der Waals surface area contributed by atoms with Crippen LogP contribution in [0.1, 0.15) is 29.3 Å². The first-order valence-electron chi connectivity index (χ1n) is 18.6. The van der Waals surface area contributed by atoms with Crippen LogP contribution < -0.4 is 0 Å². The number of benzene rings is 4. The van der Waals surface area contributed by atoms with Crippen molar-refractivity contribution >= 4 is 0 Å². The van der Waals surface area contributed by atoms with Crippen LogP contribution in [0.15, 0.2) is 152 Å². The predicted octanol–water partition coefficient (Wildman–Crippen LogP) is 10.2. The fourth-order valence-corrected chi connectivity index (χ4v) is 4.25. The topological polar surface area (TPSA) is 38.7 Å². The Bertz CT molecular complexity index is 2130. The zero-order chi connectivity index (χ0) is 38.8. The molecule has 4 heteroatoms. The van der Waals surface area contributed by atoms with Gasteiger partial charge in [0.25, 0.3) is 0 Å². The van der Waals surface area contributed by atoms with Gasteiger partial charge in [0.1, 0.15) is 0 Å². The van der Waals surface area contributed by atoms with E-state index in [0.29, 0.717) is 17.1 Å².